The fourth-order valence-corrected chi connectivity index (χ4v) is 3.12. The van der Waals surface area contributed by atoms with Crippen LogP contribution in [0.15, 0.2) is 52.1 Å². The van der Waals surface area contributed by atoms with E-state index >= 15 is 0 Å². The van der Waals surface area contributed by atoms with Gasteiger partial charge < -0.3 is 24.7 Å². The number of hydrogen-bond acceptors (Lipinski definition) is 4. The number of aliphatic imine (C=N–C) groups is 1. The molecule has 0 fully saturated rings. The molecule has 1 amide bonds. The maximum absolute atomic E-state index is 12.6. The summed E-state index contributed by atoms with van der Waals surface area (Å²) < 4.78 is 10.8. The van der Waals surface area contributed by atoms with E-state index in [9.17, 15) is 4.79 Å². The van der Waals surface area contributed by atoms with Gasteiger partial charge in [-0.05, 0) is 43.5 Å². The number of hydrogen-bond donors (Lipinski definition) is 2. The lowest BCUT2D eigenvalue weighted by Gasteiger charge is -2.17. The van der Waals surface area contributed by atoms with Crippen LogP contribution < -0.4 is 15.5 Å². The third-order valence-corrected chi connectivity index (χ3v) is 4.49. The molecular weight excluding hydrogens is 356 g/mol. The highest BCUT2D eigenvalue weighted by atomic mass is 16.5. The number of fused-ring (bicyclic) bond motifs is 1. The highest BCUT2D eigenvalue weighted by molar-refractivity contribution is 5.98. The molecule has 0 saturated heterocycles. The number of nitrogens with one attached hydrogen (secondary N) is 2. The second kappa shape index (κ2) is 10.5. The lowest BCUT2D eigenvalue weighted by molar-refractivity contribution is -0.117. The second-order valence-corrected chi connectivity index (χ2v) is 6.53. The SMILES string of the molecule is CCNC(=NCC(=O)N1CCc2ccccc21)NCCCOCc1ccco1. The summed E-state index contributed by atoms with van der Waals surface area (Å²) in [5.74, 6) is 1.49. The first-order valence-electron chi connectivity index (χ1n) is 9.78. The first-order chi connectivity index (χ1) is 13.8. The Kier molecular flexibility index (Phi) is 7.49. The van der Waals surface area contributed by atoms with Crippen molar-refractivity contribution in [3.63, 3.8) is 0 Å². The van der Waals surface area contributed by atoms with E-state index < -0.39 is 0 Å². The predicted octanol–water partition coefficient (Wildman–Crippen LogP) is 2.33. The molecule has 150 valence electrons. The van der Waals surface area contributed by atoms with Gasteiger partial charge in [-0.1, -0.05) is 18.2 Å². The van der Waals surface area contributed by atoms with Crippen molar-refractivity contribution in [3.05, 3.63) is 54.0 Å². The molecular formula is C21H28N4O3. The van der Waals surface area contributed by atoms with Gasteiger partial charge in [0.25, 0.3) is 0 Å². The van der Waals surface area contributed by atoms with E-state index in [2.05, 4.69) is 21.7 Å². The maximum atomic E-state index is 12.6. The minimum atomic E-state index is 0.0175. The van der Waals surface area contributed by atoms with E-state index in [1.54, 1.807) is 6.26 Å². The van der Waals surface area contributed by atoms with Crippen LogP contribution in [0.2, 0.25) is 0 Å². The summed E-state index contributed by atoms with van der Waals surface area (Å²) in [6.45, 7) is 5.40. The fourth-order valence-electron chi connectivity index (χ4n) is 3.12. The van der Waals surface area contributed by atoms with Gasteiger partial charge in [-0.15, -0.1) is 0 Å². The molecule has 1 aromatic carbocycles. The lowest BCUT2D eigenvalue weighted by atomic mass is 10.2. The van der Waals surface area contributed by atoms with E-state index in [0.29, 0.717) is 25.7 Å². The molecule has 3 rings (SSSR count). The molecule has 7 heteroatoms. The zero-order valence-electron chi connectivity index (χ0n) is 16.3. The summed E-state index contributed by atoms with van der Waals surface area (Å²) in [4.78, 5) is 18.8. The van der Waals surface area contributed by atoms with Gasteiger partial charge in [0.1, 0.15) is 18.9 Å². The Morgan fingerprint density at radius 3 is 2.96 bits per heavy atom. The van der Waals surface area contributed by atoms with Crippen molar-refractivity contribution >= 4 is 17.6 Å². The number of amides is 1. The highest BCUT2D eigenvalue weighted by Gasteiger charge is 2.23. The van der Waals surface area contributed by atoms with Crippen molar-refractivity contribution in [3.8, 4) is 0 Å². The van der Waals surface area contributed by atoms with Gasteiger partial charge in [0, 0.05) is 31.9 Å². The Hall–Kier alpha value is -2.80. The molecule has 0 saturated carbocycles. The molecule has 0 spiro atoms. The molecule has 2 N–H and O–H groups in total. The highest BCUT2D eigenvalue weighted by Crippen LogP contribution is 2.27. The van der Waals surface area contributed by atoms with Crippen LogP contribution in [-0.2, 0) is 22.6 Å². The number of furan rings is 1. The van der Waals surface area contributed by atoms with Crippen LogP contribution in [0.5, 0.6) is 0 Å². The molecule has 1 aliphatic rings. The van der Waals surface area contributed by atoms with Crippen molar-refractivity contribution in [1.29, 1.82) is 0 Å². The minimum absolute atomic E-state index is 0.0175. The molecule has 0 bridgehead atoms. The largest absolute Gasteiger partial charge is 0.467 e. The molecule has 0 unspecified atom stereocenters. The third-order valence-electron chi connectivity index (χ3n) is 4.49. The van der Waals surface area contributed by atoms with Crippen LogP contribution in [0.4, 0.5) is 5.69 Å². The van der Waals surface area contributed by atoms with Crippen LogP contribution in [-0.4, -0.2) is 44.7 Å². The van der Waals surface area contributed by atoms with E-state index in [1.165, 1.54) is 5.56 Å². The van der Waals surface area contributed by atoms with Gasteiger partial charge in [-0.3, -0.25) is 4.79 Å². The molecule has 0 aliphatic carbocycles. The third kappa shape index (κ3) is 5.60. The normalized spacial score (nSPS) is 13.5. The van der Waals surface area contributed by atoms with Crippen LogP contribution in [0, 0.1) is 0 Å². The number of nitrogens with zero attached hydrogens (tertiary/aromatic N) is 2. The number of rotatable bonds is 9. The van der Waals surface area contributed by atoms with E-state index in [-0.39, 0.29) is 12.5 Å². The van der Waals surface area contributed by atoms with Gasteiger partial charge >= 0.3 is 0 Å². The minimum Gasteiger partial charge on any atom is -0.467 e. The van der Waals surface area contributed by atoms with Gasteiger partial charge in [0.05, 0.1) is 6.26 Å². The summed E-state index contributed by atoms with van der Waals surface area (Å²) in [6, 6.07) is 11.8. The molecule has 7 nitrogen and oxygen atoms in total. The Morgan fingerprint density at radius 1 is 1.25 bits per heavy atom. The van der Waals surface area contributed by atoms with Gasteiger partial charge in [-0.25, -0.2) is 4.99 Å². The number of benzene rings is 1. The molecule has 2 heterocycles. The average molecular weight is 384 g/mol. The van der Waals surface area contributed by atoms with Crippen molar-refractivity contribution in [1.82, 2.24) is 10.6 Å². The molecule has 0 radical (unpaired) electrons. The lowest BCUT2D eigenvalue weighted by Crippen LogP contribution is -2.39. The average Bonchev–Trinajstić information content (AvgIpc) is 3.38. The zero-order valence-corrected chi connectivity index (χ0v) is 16.3. The number of para-hydroxylation sites is 1. The summed E-state index contributed by atoms with van der Waals surface area (Å²) in [5.41, 5.74) is 2.23. The zero-order chi connectivity index (χ0) is 19.6. The molecule has 1 aliphatic heterocycles. The monoisotopic (exact) mass is 384 g/mol. The first kappa shape index (κ1) is 19.9. The van der Waals surface area contributed by atoms with Gasteiger partial charge in [0.2, 0.25) is 5.91 Å². The number of ether oxygens (including phenoxy) is 1. The topological polar surface area (TPSA) is 79.1 Å². The van der Waals surface area contributed by atoms with Crippen molar-refractivity contribution in [2.24, 2.45) is 4.99 Å². The Morgan fingerprint density at radius 2 is 2.14 bits per heavy atom. The van der Waals surface area contributed by atoms with Crippen molar-refractivity contribution < 1.29 is 13.9 Å². The fraction of sp³-hybridized carbons (Fsp3) is 0.429. The Balaban J connectivity index is 1.40. The van der Waals surface area contributed by atoms with Crippen molar-refractivity contribution in [2.75, 3.05) is 37.7 Å². The molecule has 0 atom stereocenters. The van der Waals surface area contributed by atoms with Crippen LogP contribution in [0.1, 0.15) is 24.7 Å². The smallest absolute Gasteiger partial charge is 0.248 e. The number of guanidine groups is 1. The maximum Gasteiger partial charge on any atom is 0.248 e. The molecule has 2 aromatic rings. The second-order valence-electron chi connectivity index (χ2n) is 6.53. The Bertz CT molecular complexity index is 774. The molecule has 1 aromatic heterocycles. The standard InChI is InChI=1S/C21H28N4O3/c1-2-22-21(23-11-6-13-27-16-18-8-5-14-28-18)24-15-20(26)25-12-10-17-7-3-4-9-19(17)25/h3-5,7-9,14H,2,6,10-13,15-16H2,1H3,(H2,22,23,24). The quantitative estimate of drug-likeness (QED) is 0.394. The predicted molar refractivity (Wildman–Crippen MR) is 109 cm³/mol. The van der Waals surface area contributed by atoms with Gasteiger partial charge in [0.15, 0.2) is 5.96 Å². The van der Waals surface area contributed by atoms with E-state index in [4.69, 9.17) is 9.15 Å². The van der Waals surface area contributed by atoms with Gasteiger partial charge in [-0.2, -0.15) is 0 Å². The van der Waals surface area contributed by atoms with E-state index in [1.807, 2.05) is 42.2 Å². The van der Waals surface area contributed by atoms with Crippen LogP contribution in [0.3, 0.4) is 0 Å². The number of carbonyl (C=O) groups is 1. The number of carbonyl (C=O) groups excluding carboxylic acids is 1. The van der Waals surface area contributed by atoms with Crippen LogP contribution in [0.25, 0.3) is 0 Å². The van der Waals surface area contributed by atoms with E-state index in [0.717, 1.165) is 37.4 Å². The van der Waals surface area contributed by atoms with Crippen molar-refractivity contribution in [2.45, 2.75) is 26.4 Å². The summed E-state index contributed by atoms with van der Waals surface area (Å²) in [5, 5.41) is 6.42. The summed E-state index contributed by atoms with van der Waals surface area (Å²) >= 11 is 0. The first-order valence-corrected chi connectivity index (χ1v) is 9.78. The summed E-state index contributed by atoms with van der Waals surface area (Å²) in [6.07, 6.45) is 3.38. The number of anilines is 1. The molecule has 28 heavy (non-hydrogen) atoms. The Labute approximate surface area is 165 Å². The summed E-state index contributed by atoms with van der Waals surface area (Å²) in [7, 11) is 0. The van der Waals surface area contributed by atoms with Crippen LogP contribution >= 0.6 is 0 Å².